The van der Waals surface area contributed by atoms with Gasteiger partial charge in [-0.25, -0.2) is 0 Å². The fourth-order valence-electron chi connectivity index (χ4n) is 4.13. The molecule has 1 N–H and O–H groups in total. The van der Waals surface area contributed by atoms with Gasteiger partial charge in [0.1, 0.15) is 6.04 Å². The van der Waals surface area contributed by atoms with Crippen molar-refractivity contribution in [2.45, 2.75) is 37.9 Å². The fraction of sp³-hybridized carbons (Fsp3) is 0.360. The van der Waals surface area contributed by atoms with Crippen molar-refractivity contribution in [2.75, 3.05) is 20.2 Å². The minimum atomic E-state index is -0.730. The van der Waals surface area contributed by atoms with E-state index in [-0.39, 0.29) is 43.3 Å². The van der Waals surface area contributed by atoms with E-state index in [9.17, 15) is 19.2 Å². The van der Waals surface area contributed by atoms with Gasteiger partial charge in [-0.2, -0.15) is 0 Å². The van der Waals surface area contributed by atoms with Gasteiger partial charge < -0.3 is 19.9 Å². The highest BCUT2D eigenvalue weighted by Crippen LogP contribution is 2.41. The molecule has 2 aromatic rings. The topological polar surface area (TPSA) is 96.0 Å². The summed E-state index contributed by atoms with van der Waals surface area (Å²) >= 11 is 0. The summed E-state index contributed by atoms with van der Waals surface area (Å²) in [7, 11) is 1.30. The molecule has 8 nitrogen and oxygen atoms in total. The predicted molar refractivity (Wildman–Crippen MR) is 120 cm³/mol. The number of amides is 3. The van der Waals surface area contributed by atoms with Crippen LogP contribution in [0.15, 0.2) is 54.6 Å². The van der Waals surface area contributed by atoms with Crippen molar-refractivity contribution in [1.82, 2.24) is 15.1 Å². The number of fused-ring (bicyclic) bond motifs is 1. The third-order valence-electron chi connectivity index (χ3n) is 5.98. The van der Waals surface area contributed by atoms with Gasteiger partial charge in [0, 0.05) is 24.7 Å². The zero-order valence-corrected chi connectivity index (χ0v) is 18.5. The van der Waals surface area contributed by atoms with Crippen molar-refractivity contribution in [3.63, 3.8) is 0 Å². The smallest absolute Gasteiger partial charge is 0.307 e. The minimum absolute atomic E-state index is 0.0585. The molecule has 1 heterocycles. The molecule has 172 valence electrons. The van der Waals surface area contributed by atoms with Crippen molar-refractivity contribution in [3.8, 4) is 0 Å². The maximum Gasteiger partial charge on any atom is 0.307 e. The molecular weight excluding hydrogens is 422 g/mol. The molecule has 1 saturated carbocycles. The van der Waals surface area contributed by atoms with E-state index in [1.807, 2.05) is 36.4 Å². The zero-order valence-electron chi connectivity index (χ0n) is 18.5. The summed E-state index contributed by atoms with van der Waals surface area (Å²) in [6.07, 6.45) is 1.81. The number of methoxy groups -OCH3 is 1. The molecule has 0 aromatic heterocycles. The highest BCUT2D eigenvalue weighted by molar-refractivity contribution is 6.05. The van der Waals surface area contributed by atoms with Crippen LogP contribution in [0.4, 0.5) is 0 Å². The number of hydrogen-bond donors (Lipinski definition) is 1. The Morgan fingerprint density at radius 3 is 2.45 bits per heavy atom. The van der Waals surface area contributed by atoms with E-state index in [1.165, 1.54) is 12.0 Å². The summed E-state index contributed by atoms with van der Waals surface area (Å²) in [6, 6.07) is 15.9. The summed E-state index contributed by atoms with van der Waals surface area (Å²) in [5.41, 5.74) is 2.13. The largest absolute Gasteiger partial charge is 0.469 e. The number of hydrogen-bond acceptors (Lipinski definition) is 5. The Morgan fingerprint density at radius 1 is 1.06 bits per heavy atom. The number of esters is 1. The van der Waals surface area contributed by atoms with E-state index in [4.69, 9.17) is 4.74 Å². The number of ether oxygens (including phenoxy) is 1. The second-order valence-corrected chi connectivity index (χ2v) is 8.28. The monoisotopic (exact) mass is 449 g/mol. The van der Waals surface area contributed by atoms with Crippen LogP contribution in [-0.4, -0.2) is 59.7 Å². The molecule has 1 atom stereocenters. The van der Waals surface area contributed by atoms with Gasteiger partial charge in [-0.05, 0) is 30.0 Å². The lowest BCUT2D eigenvalue weighted by Crippen LogP contribution is -2.45. The Morgan fingerprint density at radius 2 is 1.76 bits per heavy atom. The van der Waals surface area contributed by atoms with Crippen molar-refractivity contribution in [1.29, 1.82) is 0 Å². The Hall–Kier alpha value is -3.68. The van der Waals surface area contributed by atoms with Crippen LogP contribution in [-0.2, 0) is 25.7 Å². The molecule has 1 fully saturated rings. The van der Waals surface area contributed by atoms with Gasteiger partial charge in [0.15, 0.2) is 0 Å². The van der Waals surface area contributed by atoms with Crippen molar-refractivity contribution >= 4 is 23.7 Å². The third kappa shape index (κ3) is 5.05. The first-order valence-corrected chi connectivity index (χ1v) is 11.1. The van der Waals surface area contributed by atoms with Gasteiger partial charge in [0.25, 0.3) is 5.91 Å². The fourth-order valence-corrected chi connectivity index (χ4v) is 4.13. The van der Waals surface area contributed by atoms with E-state index in [2.05, 4.69) is 5.32 Å². The quantitative estimate of drug-likeness (QED) is 0.591. The molecule has 1 aliphatic heterocycles. The first-order chi connectivity index (χ1) is 16.0. The van der Waals surface area contributed by atoms with Crippen LogP contribution in [0.1, 0.15) is 46.8 Å². The number of carbonyl (C=O) groups is 4. The molecule has 0 bridgehead atoms. The predicted octanol–water partition coefficient (Wildman–Crippen LogP) is 2.05. The van der Waals surface area contributed by atoms with Crippen LogP contribution < -0.4 is 5.32 Å². The van der Waals surface area contributed by atoms with Crippen LogP contribution in [0.3, 0.4) is 0 Å². The normalized spacial score (nSPS) is 16.8. The lowest BCUT2D eigenvalue weighted by atomic mass is 10.0. The van der Waals surface area contributed by atoms with Crippen LogP contribution in [0.2, 0.25) is 0 Å². The minimum Gasteiger partial charge on any atom is -0.469 e. The van der Waals surface area contributed by atoms with E-state index in [0.29, 0.717) is 17.7 Å². The number of nitrogens with zero attached hydrogens (tertiary/aromatic N) is 2. The summed E-state index contributed by atoms with van der Waals surface area (Å²) in [4.78, 5) is 53.8. The molecule has 1 unspecified atom stereocenters. The van der Waals surface area contributed by atoms with Gasteiger partial charge in [0.2, 0.25) is 11.8 Å². The summed E-state index contributed by atoms with van der Waals surface area (Å²) in [5, 5.41) is 2.73. The van der Waals surface area contributed by atoms with Gasteiger partial charge in [-0.3, -0.25) is 19.2 Å². The molecule has 4 rings (SSSR count). The second-order valence-electron chi connectivity index (χ2n) is 8.28. The molecule has 0 radical (unpaired) electrons. The summed E-state index contributed by atoms with van der Waals surface area (Å²) in [6.45, 7) is 0.263. The molecule has 2 aliphatic rings. The van der Waals surface area contributed by atoms with E-state index < -0.39 is 12.0 Å². The first-order valence-electron chi connectivity index (χ1n) is 11.1. The first kappa shape index (κ1) is 22.5. The average Bonchev–Trinajstić information content (AvgIpc) is 3.64. The second kappa shape index (κ2) is 9.85. The van der Waals surface area contributed by atoms with Crippen LogP contribution >= 0.6 is 0 Å². The van der Waals surface area contributed by atoms with Gasteiger partial charge in [0.05, 0.1) is 20.1 Å². The Kier molecular flexibility index (Phi) is 6.72. The molecule has 2 aromatic carbocycles. The van der Waals surface area contributed by atoms with Crippen LogP contribution in [0.25, 0.3) is 0 Å². The average molecular weight is 450 g/mol. The van der Waals surface area contributed by atoms with Gasteiger partial charge >= 0.3 is 5.97 Å². The SMILES string of the molecule is COC(=O)CCN(Cc1ccccc1)C(=O)CNC(=O)C1c2ccccc2C(=O)N1C1CC1. The number of rotatable bonds is 9. The Labute approximate surface area is 192 Å². The standard InChI is InChI=1S/C25H27N3O5/c1-33-22(30)13-14-27(16-17-7-3-2-4-8-17)21(29)15-26-24(31)23-19-9-5-6-10-20(19)25(32)28(23)18-11-12-18/h2-10,18,23H,11-16H2,1H3,(H,26,31). The molecule has 8 heteroatoms. The van der Waals surface area contributed by atoms with E-state index in [1.54, 1.807) is 23.1 Å². The lowest BCUT2D eigenvalue weighted by Gasteiger charge is -2.26. The molecule has 33 heavy (non-hydrogen) atoms. The van der Waals surface area contributed by atoms with E-state index in [0.717, 1.165) is 18.4 Å². The number of benzene rings is 2. The summed E-state index contributed by atoms with van der Waals surface area (Å²) < 4.78 is 4.70. The Bertz CT molecular complexity index is 1050. The maximum absolute atomic E-state index is 13.1. The maximum atomic E-state index is 13.1. The van der Waals surface area contributed by atoms with Crippen molar-refractivity contribution in [2.24, 2.45) is 0 Å². The molecular formula is C25H27N3O5. The number of carbonyl (C=O) groups excluding carboxylic acids is 4. The highest BCUT2D eigenvalue weighted by atomic mass is 16.5. The Balaban J connectivity index is 1.44. The number of nitrogens with one attached hydrogen (secondary N) is 1. The third-order valence-corrected chi connectivity index (χ3v) is 5.98. The van der Waals surface area contributed by atoms with Crippen LogP contribution in [0.5, 0.6) is 0 Å². The lowest BCUT2D eigenvalue weighted by molar-refractivity contribution is -0.142. The molecule has 0 spiro atoms. The molecule has 0 saturated heterocycles. The van der Waals surface area contributed by atoms with Gasteiger partial charge in [-0.1, -0.05) is 48.5 Å². The van der Waals surface area contributed by atoms with Gasteiger partial charge in [-0.15, -0.1) is 0 Å². The molecule has 1 aliphatic carbocycles. The zero-order chi connectivity index (χ0) is 23.4. The van der Waals surface area contributed by atoms with E-state index >= 15 is 0 Å². The highest BCUT2D eigenvalue weighted by Gasteiger charge is 2.47. The van der Waals surface area contributed by atoms with Crippen molar-refractivity contribution in [3.05, 3.63) is 71.3 Å². The van der Waals surface area contributed by atoms with Crippen LogP contribution in [0, 0.1) is 0 Å². The summed E-state index contributed by atoms with van der Waals surface area (Å²) in [5.74, 6) is -1.23. The molecule has 3 amide bonds. The van der Waals surface area contributed by atoms with Crippen molar-refractivity contribution < 1.29 is 23.9 Å².